The number of hydrogen-bond acceptors (Lipinski definition) is 4. The minimum absolute atomic E-state index is 0. The van der Waals surface area contributed by atoms with Crippen molar-refractivity contribution in [3.63, 3.8) is 0 Å². The third-order valence-electron chi connectivity index (χ3n) is 8.40. The van der Waals surface area contributed by atoms with Crippen molar-refractivity contribution < 1.29 is 25.8 Å². The van der Waals surface area contributed by atoms with Crippen LogP contribution in [0.4, 0.5) is 0 Å². The van der Waals surface area contributed by atoms with E-state index in [2.05, 4.69) is 75.7 Å². The van der Waals surface area contributed by atoms with Crippen LogP contribution >= 0.6 is 0 Å². The van der Waals surface area contributed by atoms with Crippen molar-refractivity contribution in [2.75, 3.05) is 0 Å². The predicted molar refractivity (Wildman–Crippen MR) is 170 cm³/mol. The van der Waals surface area contributed by atoms with E-state index >= 15 is 0 Å². The number of hydrogen-bond donors (Lipinski definition) is 0. The van der Waals surface area contributed by atoms with Gasteiger partial charge in [0.2, 0.25) is 0 Å². The molecule has 0 saturated carbocycles. The number of rotatable bonds is 3. The molecule has 10 rings (SSSR count). The minimum Gasteiger partial charge on any atom is -0.503 e. The van der Waals surface area contributed by atoms with Gasteiger partial charge in [-0.15, -0.1) is 23.6 Å². The average Bonchev–Trinajstić information content (AvgIpc) is 3.75. The van der Waals surface area contributed by atoms with Gasteiger partial charge < -0.3 is 13.5 Å². The summed E-state index contributed by atoms with van der Waals surface area (Å²) in [6, 6.07) is 39.9. The molecule has 0 N–H and O–H groups in total. The predicted octanol–water partition coefficient (Wildman–Crippen LogP) is 8.64. The fraction of sp³-hybridized carbons (Fsp3) is 0. The van der Waals surface area contributed by atoms with Crippen molar-refractivity contribution in [1.82, 2.24) is 23.8 Å². The van der Waals surface area contributed by atoms with E-state index < -0.39 is 0 Å². The zero-order valence-electron chi connectivity index (χ0n) is 22.9. The normalized spacial score (nSPS) is 11.9. The van der Waals surface area contributed by atoms with Crippen molar-refractivity contribution >= 4 is 65.7 Å². The van der Waals surface area contributed by atoms with Crippen LogP contribution in [0, 0.1) is 12.1 Å². The maximum absolute atomic E-state index is 6.45. The van der Waals surface area contributed by atoms with Gasteiger partial charge in [-0.25, -0.2) is 4.98 Å². The molecule has 0 atom stereocenters. The van der Waals surface area contributed by atoms with Crippen molar-refractivity contribution in [2.24, 2.45) is 0 Å². The smallest absolute Gasteiger partial charge is 0.503 e. The van der Waals surface area contributed by atoms with Gasteiger partial charge in [0.05, 0.1) is 22.4 Å². The Bertz CT molecular complexity index is 2710. The molecule has 44 heavy (non-hydrogen) atoms. The van der Waals surface area contributed by atoms with Gasteiger partial charge in [0.15, 0.2) is 0 Å². The molecule has 7 heteroatoms. The van der Waals surface area contributed by atoms with Crippen LogP contribution < -0.4 is 4.74 Å². The van der Waals surface area contributed by atoms with Gasteiger partial charge in [0.25, 0.3) is 0 Å². The first-order chi connectivity index (χ1) is 21.3. The van der Waals surface area contributed by atoms with Gasteiger partial charge in [-0.2, -0.15) is 6.07 Å². The maximum atomic E-state index is 6.45. The van der Waals surface area contributed by atoms with Crippen LogP contribution in [0.3, 0.4) is 0 Å². The first-order valence-corrected chi connectivity index (χ1v) is 14.1. The molecular weight excluding hydrogens is 726 g/mol. The van der Waals surface area contributed by atoms with E-state index in [1.807, 2.05) is 60.9 Å². The second-order valence-corrected chi connectivity index (χ2v) is 10.8. The van der Waals surface area contributed by atoms with E-state index in [4.69, 9.17) is 19.7 Å². The molecule has 0 aliphatic heterocycles. The van der Waals surface area contributed by atoms with Crippen molar-refractivity contribution in [2.45, 2.75) is 0 Å². The summed E-state index contributed by atoms with van der Waals surface area (Å²) in [5.41, 5.74) is 7.66. The zero-order chi connectivity index (χ0) is 28.1. The Morgan fingerprint density at radius 1 is 0.614 bits per heavy atom. The second-order valence-electron chi connectivity index (χ2n) is 10.8. The quantitative estimate of drug-likeness (QED) is 0.134. The first-order valence-electron chi connectivity index (χ1n) is 14.1. The molecule has 10 aromatic rings. The summed E-state index contributed by atoms with van der Waals surface area (Å²) in [4.78, 5) is 14.5. The van der Waals surface area contributed by atoms with E-state index in [0.29, 0.717) is 11.5 Å². The standard InChI is InChI=1S/C37H19N5O.Pt/c1-2-7-22(8-3-1)31-21-41-32-12-6-17-38-34(32)26-16-14-23(19-30(26)37(41)40-31)43-24-13-15-25-27-9-4-10-28-29-11-5-18-39-36(29)42(35(27)28)33(25)20-24;/h1-18,21H;/q-2;+2. The molecule has 6 heterocycles. The molecule has 0 saturated heterocycles. The van der Waals surface area contributed by atoms with E-state index in [1.54, 1.807) is 0 Å². The maximum Gasteiger partial charge on any atom is 2.00 e. The molecule has 0 unspecified atom stereocenters. The molecule has 0 spiro atoms. The third-order valence-corrected chi connectivity index (χ3v) is 8.40. The Kier molecular flexibility index (Phi) is 5.35. The van der Waals surface area contributed by atoms with Crippen LogP contribution in [-0.4, -0.2) is 23.8 Å². The summed E-state index contributed by atoms with van der Waals surface area (Å²) in [6.45, 7) is 0. The van der Waals surface area contributed by atoms with E-state index in [-0.39, 0.29) is 21.1 Å². The molecule has 0 bridgehead atoms. The Balaban J connectivity index is 0.00000270. The van der Waals surface area contributed by atoms with E-state index in [9.17, 15) is 0 Å². The molecule has 0 fully saturated rings. The third kappa shape index (κ3) is 3.43. The van der Waals surface area contributed by atoms with E-state index in [0.717, 1.165) is 66.2 Å². The molecular formula is C37H19N5OPt. The fourth-order valence-electron chi connectivity index (χ4n) is 6.56. The summed E-state index contributed by atoms with van der Waals surface area (Å²) < 4.78 is 10.7. The molecule has 208 valence electrons. The topological polar surface area (TPSA) is 56.7 Å². The molecule has 6 nitrogen and oxygen atoms in total. The zero-order valence-corrected chi connectivity index (χ0v) is 25.2. The number of fused-ring (bicyclic) bond motifs is 12. The number of aromatic nitrogens is 5. The average molecular weight is 745 g/mol. The van der Waals surface area contributed by atoms with Crippen LogP contribution in [0.1, 0.15) is 0 Å². The van der Waals surface area contributed by atoms with Crippen LogP contribution in [0.2, 0.25) is 0 Å². The Morgan fingerprint density at radius 3 is 2.25 bits per heavy atom. The van der Waals surface area contributed by atoms with E-state index in [1.165, 1.54) is 10.8 Å². The fourth-order valence-corrected chi connectivity index (χ4v) is 6.56. The molecule has 0 aliphatic carbocycles. The Labute approximate surface area is 264 Å². The largest absolute Gasteiger partial charge is 2.00 e. The number of pyridine rings is 3. The number of imidazole rings is 1. The first kappa shape index (κ1) is 25.2. The minimum atomic E-state index is 0. The van der Waals surface area contributed by atoms with Crippen LogP contribution in [0.25, 0.3) is 76.9 Å². The van der Waals surface area contributed by atoms with Crippen molar-refractivity contribution in [3.05, 3.63) is 128 Å². The molecule has 6 aromatic heterocycles. The number of para-hydroxylation sites is 1. The van der Waals surface area contributed by atoms with Gasteiger partial charge in [0, 0.05) is 51.9 Å². The van der Waals surface area contributed by atoms with Gasteiger partial charge in [-0.1, -0.05) is 77.0 Å². The van der Waals surface area contributed by atoms with Crippen LogP contribution in [0.5, 0.6) is 11.5 Å². The summed E-state index contributed by atoms with van der Waals surface area (Å²) >= 11 is 0. The number of nitrogens with zero attached hydrogens (tertiary/aromatic N) is 5. The summed E-state index contributed by atoms with van der Waals surface area (Å²) in [5, 5.41) is 6.44. The Hall–Kier alpha value is -5.32. The Morgan fingerprint density at radius 2 is 1.36 bits per heavy atom. The summed E-state index contributed by atoms with van der Waals surface area (Å²) in [5.74, 6) is 1.19. The number of benzene rings is 4. The molecule has 0 amide bonds. The van der Waals surface area contributed by atoms with Gasteiger partial charge >= 0.3 is 21.1 Å². The summed E-state index contributed by atoms with van der Waals surface area (Å²) in [7, 11) is 0. The summed E-state index contributed by atoms with van der Waals surface area (Å²) in [6.07, 6.45) is 5.73. The van der Waals surface area contributed by atoms with Gasteiger partial charge in [0.1, 0.15) is 5.65 Å². The molecule has 0 aliphatic rings. The van der Waals surface area contributed by atoms with Crippen LogP contribution in [0.15, 0.2) is 116 Å². The van der Waals surface area contributed by atoms with Gasteiger partial charge in [-0.3, -0.25) is 9.97 Å². The van der Waals surface area contributed by atoms with Crippen LogP contribution in [-0.2, 0) is 21.1 Å². The van der Waals surface area contributed by atoms with Crippen molar-refractivity contribution in [3.8, 4) is 22.8 Å². The SMILES string of the molecule is [Pt+2].[c-]1c(Oc2[c-]c3c(cc2)c2cccc4c5cccnc5n3c24)ccc2c1c1nc(-c3ccccc3)cn1c1cccnc21. The monoisotopic (exact) mass is 744 g/mol. The van der Waals surface area contributed by atoms with Crippen molar-refractivity contribution in [1.29, 1.82) is 0 Å². The molecule has 4 aromatic carbocycles. The molecule has 0 radical (unpaired) electrons. The van der Waals surface area contributed by atoms with Gasteiger partial charge in [-0.05, 0) is 29.7 Å². The number of ether oxygens (including phenoxy) is 1. The second kappa shape index (κ2) is 9.34.